The summed E-state index contributed by atoms with van der Waals surface area (Å²) in [5.74, 6) is -3.29. The van der Waals surface area contributed by atoms with Crippen LogP contribution in [0.1, 0.15) is 53.4 Å². The van der Waals surface area contributed by atoms with E-state index in [1.807, 2.05) is 0 Å². The minimum atomic E-state index is -2.94. The zero-order chi connectivity index (χ0) is 17.4. The van der Waals surface area contributed by atoms with E-state index >= 15 is 0 Å². The summed E-state index contributed by atoms with van der Waals surface area (Å²) in [5, 5.41) is 9.90. The first kappa shape index (κ1) is 16.2. The van der Waals surface area contributed by atoms with E-state index in [0.29, 0.717) is 17.5 Å². The minimum absolute atomic E-state index is 0.173. The van der Waals surface area contributed by atoms with E-state index in [1.54, 1.807) is 24.3 Å². The summed E-state index contributed by atoms with van der Waals surface area (Å²) in [4.78, 5) is 12.3. The standard InChI is InChI=1S/C19H21F2N3O/c20-19(21)11-12-5-1-2-6-13(12)18(19)22-17(25)10-9-16-14-7-3-4-8-15(14)23-24-16/h1-2,5-6,18H,3-4,7-11H2,(H,22,25)(H,23,24). The summed E-state index contributed by atoms with van der Waals surface area (Å²) in [6, 6.07) is 5.62. The Kier molecular flexibility index (Phi) is 4.06. The average Bonchev–Trinajstić information content (AvgIpc) is 3.12. The predicted octanol–water partition coefficient (Wildman–Crippen LogP) is 3.27. The van der Waals surface area contributed by atoms with Gasteiger partial charge in [0.25, 0.3) is 5.92 Å². The molecule has 4 nitrogen and oxygen atoms in total. The van der Waals surface area contributed by atoms with Gasteiger partial charge in [-0.3, -0.25) is 9.89 Å². The van der Waals surface area contributed by atoms with E-state index in [1.165, 1.54) is 5.56 Å². The fourth-order valence-electron chi connectivity index (χ4n) is 3.97. The number of aromatic amines is 1. The molecule has 1 heterocycles. The van der Waals surface area contributed by atoms with Crippen molar-refractivity contribution in [2.24, 2.45) is 0 Å². The number of aryl methyl sites for hydroxylation is 2. The minimum Gasteiger partial charge on any atom is -0.343 e. The molecule has 0 saturated carbocycles. The monoisotopic (exact) mass is 345 g/mol. The van der Waals surface area contributed by atoms with Crippen LogP contribution in [0.25, 0.3) is 0 Å². The third kappa shape index (κ3) is 3.05. The quantitative estimate of drug-likeness (QED) is 0.893. The largest absolute Gasteiger partial charge is 0.343 e. The van der Waals surface area contributed by atoms with Crippen LogP contribution in [0.2, 0.25) is 0 Å². The molecule has 0 spiro atoms. The van der Waals surface area contributed by atoms with Crippen LogP contribution >= 0.6 is 0 Å². The van der Waals surface area contributed by atoms with Crippen molar-refractivity contribution >= 4 is 5.91 Å². The fraction of sp³-hybridized carbons (Fsp3) is 0.474. The van der Waals surface area contributed by atoms with Crippen molar-refractivity contribution in [2.45, 2.75) is 56.9 Å². The van der Waals surface area contributed by atoms with Gasteiger partial charge in [0.15, 0.2) is 0 Å². The van der Waals surface area contributed by atoms with Crippen LogP contribution in [-0.4, -0.2) is 22.0 Å². The number of fused-ring (bicyclic) bond motifs is 2. The second-order valence-corrected chi connectivity index (χ2v) is 6.97. The molecule has 2 aromatic rings. The lowest BCUT2D eigenvalue weighted by Crippen LogP contribution is -2.38. The Morgan fingerprint density at radius 1 is 1.28 bits per heavy atom. The molecule has 4 rings (SSSR count). The molecule has 6 heteroatoms. The Morgan fingerprint density at radius 3 is 2.96 bits per heavy atom. The highest BCUT2D eigenvalue weighted by Gasteiger charge is 2.48. The van der Waals surface area contributed by atoms with Gasteiger partial charge in [-0.05, 0) is 42.4 Å². The van der Waals surface area contributed by atoms with Crippen molar-refractivity contribution in [3.8, 4) is 0 Å². The molecule has 1 aromatic heterocycles. The maximum Gasteiger partial charge on any atom is 0.275 e. The molecule has 0 saturated heterocycles. The molecule has 25 heavy (non-hydrogen) atoms. The molecule has 0 bridgehead atoms. The van der Waals surface area contributed by atoms with E-state index < -0.39 is 12.0 Å². The fourth-order valence-corrected chi connectivity index (χ4v) is 3.97. The second-order valence-electron chi connectivity index (χ2n) is 6.97. The van der Waals surface area contributed by atoms with Crippen LogP contribution in [-0.2, 0) is 30.5 Å². The molecule has 1 aromatic carbocycles. The summed E-state index contributed by atoms with van der Waals surface area (Å²) in [6.07, 6.45) is 4.61. The van der Waals surface area contributed by atoms with Crippen LogP contribution in [0, 0.1) is 0 Å². The van der Waals surface area contributed by atoms with Crippen LogP contribution < -0.4 is 5.32 Å². The summed E-state index contributed by atoms with van der Waals surface area (Å²) in [5.41, 5.74) is 4.43. The van der Waals surface area contributed by atoms with Gasteiger partial charge in [-0.1, -0.05) is 24.3 Å². The van der Waals surface area contributed by atoms with Gasteiger partial charge in [0.2, 0.25) is 5.91 Å². The first-order chi connectivity index (χ1) is 12.0. The van der Waals surface area contributed by atoms with Crippen LogP contribution in [0.4, 0.5) is 8.78 Å². The molecule has 2 aliphatic rings. The number of benzene rings is 1. The van der Waals surface area contributed by atoms with E-state index in [9.17, 15) is 13.6 Å². The first-order valence-corrected chi connectivity index (χ1v) is 8.84. The highest BCUT2D eigenvalue weighted by molar-refractivity contribution is 5.77. The highest BCUT2D eigenvalue weighted by atomic mass is 19.3. The lowest BCUT2D eigenvalue weighted by atomic mass is 9.94. The van der Waals surface area contributed by atoms with Crippen molar-refractivity contribution in [3.05, 3.63) is 52.3 Å². The molecule has 1 amide bonds. The lowest BCUT2D eigenvalue weighted by molar-refractivity contribution is -0.125. The Labute approximate surface area is 145 Å². The molecule has 0 radical (unpaired) electrons. The number of alkyl halides is 2. The number of hydrogen-bond acceptors (Lipinski definition) is 2. The summed E-state index contributed by atoms with van der Waals surface area (Å²) >= 11 is 0. The van der Waals surface area contributed by atoms with Gasteiger partial charge < -0.3 is 5.32 Å². The number of rotatable bonds is 4. The maximum absolute atomic E-state index is 14.3. The number of hydrogen-bond donors (Lipinski definition) is 2. The van der Waals surface area contributed by atoms with Crippen molar-refractivity contribution in [3.63, 3.8) is 0 Å². The van der Waals surface area contributed by atoms with Gasteiger partial charge in [-0.2, -0.15) is 5.10 Å². The van der Waals surface area contributed by atoms with Crippen LogP contribution in [0.5, 0.6) is 0 Å². The summed E-state index contributed by atoms with van der Waals surface area (Å²) in [6.45, 7) is 0. The number of nitrogens with zero attached hydrogens (tertiary/aromatic N) is 1. The highest BCUT2D eigenvalue weighted by Crippen LogP contribution is 2.43. The zero-order valence-corrected chi connectivity index (χ0v) is 13.9. The summed E-state index contributed by atoms with van der Waals surface area (Å²) < 4.78 is 28.5. The first-order valence-electron chi connectivity index (χ1n) is 8.84. The average molecular weight is 345 g/mol. The Bertz CT molecular complexity index is 800. The molecule has 2 aliphatic carbocycles. The third-order valence-corrected chi connectivity index (χ3v) is 5.25. The van der Waals surface area contributed by atoms with Crippen molar-refractivity contribution < 1.29 is 13.6 Å². The normalized spacial score (nSPS) is 20.8. The van der Waals surface area contributed by atoms with Crippen LogP contribution in [0.3, 0.4) is 0 Å². The van der Waals surface area contributed by atoms with E-state index in [-0.39, 0.29) is 18.7 Å². The summed E-state index contributed by atoms with van der Waals surface area (Å²) in [7, 11) is 0. The number of nitrogens with one attached hydrogen (secondary N) is 2. The number of H-pyrrole nitrogens is 1. The smallest absolute Gasteiger partial charge is 0.275 e. The van der Waals surface area contributed by atoms with E-state index in [0.717, 1.165) is 37.1 Å². The number of carbonyl (C=O) groups is 1. The molecular weight excluding hydrogens is 324 g/mol. The van der Waals surface area contributed by atoms with Crippen molar-refractivity contribution in [1.82, 2.24) is 15.5 Å². The van der Waals surface area contributed by atoms with Gasteiger partial charge >= 0.3 is 0 Å². The molecular formula is C19H21F2N3O. The number of carbonyl (C=O) groups excluding carboxylic acids is 1. The molecule has 1 unspecified atom stereocenters. The zero-order valence-electron chi connectivity index (χ0n) is 13.9. The topological polar surface area (TPSA) is 57.8 Å². The van der Waals surface area contributed by atoms with E-state index in [2.05, 4.69) is 15.5 Å². The Hall–Kier alpha value is -2.24. The number of halogens is 2. The molecule has 0 fully saturated rings. The second kappa shape index (κ2) is 6.24. The Morgan fingerprint density at radius 2 is 2.08 bits per heavy atom. The van der Waals surface area contributed by atoms with Gasteiger partial charge in [-0.25, -0.2) is 8.78 Å². The SMILES string of the molecule is O=C(CCc1n[nH]c2c1CCCC2)NC1c2ccccc2CC1(F)F. The van der Waals surface area contributed by atoms with Crippen molar-refractivity contribution in [1.29, 1.82) is 0 Å². The number of amides is 1. The Balaban J connectivity index is 1.42. The van der Waals surface area contributed by atoms with Gasteiger partial charge in [0.1, 0.15) is 6.04 Å². The van der Waals surface area contributed by atoms with Crippen molar-refractivity contribution in [2.75, 3.05) is 0 Å². The lowest BCUT2D eigenvalue weighted by Gasteiger charge is -2.21. The van der Waals surface area contributed by atoms with Gasteiger partial charge in [0.05, 0.1) is 5.69 Å². The molecule has 2 N–H and O–H groups in total. The molecule has 0 aliphatic heterocycles. The molecule has 132 valence electrons. The third-order valence-electron chi connectivity index (χ3n) is 5.25. The van der Waals surface area contributed by atoms with Gasteiger partial charge in [-0.15, -0.1) is 0 Å². The molecule has 1 atom stereocenters. The maximum atomic E-state index is 14.3. The predicted molar refractivity (Wildman–Crippen MR) is 89.5 cm³/mol. The van der Waals surface area contributed by atoms with E-state index in [4.69, 9.17) is 0 Å². The van der Waals surface area contributed by atoms with Gasteiger partial charge in [0, 0.05) is 25.0 Å². The van der Waals surface area contributed by atoms with Crippen LogP contribution in [0.15, 0.2) is 24.3 Å². The number of aromatic nitrogens is 2.